The maximum Gasteiger partial charge on any atom is 0.348 e. The topological polar surface area (TPSA) is 98.3 Å². The normalized spacial score (nSPS) is 11.6. The van der Waals surface area contributed by atoms with Gasteiger partial charge in [0.15, 0.2) is 6.54 Å². The fourth-order valence-corrected chi connectivity index (χ4v) is 3.90. The van der Waals surface area contributed by atoms with Gasteiger partial charge in [-0.15, -0.1) is 11.3 Å². The first-order chi connectivity index (χ1) is 13.9. The first-order valence-corrected chi connectivity index (χ1v) is 10.4. The summed E-state index contributed by atoms with van der Waals surface area (Å²) in [5, 5.41) is 4.96. The SMILES string of the molecule is CCOC(=O)c1sc(NC(=O)C[NH2+][C@H](C)c2ccccc2)c(C(=O)OCC)c1C. The second-order valence-electron chi connectivity index (χ2n) is 6.39. The van der Waals surface area contributed by atoms with Crippen LogP contribution in [0.2, 0.25) is 0 Å². The van der Waals surface area contributed by atoms with Crippen LogP contribution in [0.4, 0.5) is 5.00 Å². The molecule has 1 atom stereocenters. The second-order valence-corrected chi connectivity index (χ2v) is 7.41. The molecule has 1 heterocycles. The van der Waals surface area contributed by atoms with Gasteiger partial charge < -0.3 is 20.1 Å². The van der Waals surface area contributed by atoms with E-state index in [1.54, 1.807) is 20.8 Å². The molecule has 8 heteroatoms. The molecule has 0 aliphatic carbocycles. The Labute approximate surface area is 174 Å². The monoisotopic (exact) mass is 419 g/mol. The van der Waals surface area contributed by atoms with E-state index in [2.05, 4.69) is 5.32 Å². The number of anilines is 1. The molecule has 0 saturated heterocycles. The number of carbonyl (C=O) groups is 3. The molecule has 0 unspecified atom stereocenters. The third-order valence-electron chi connectivity index (χ3n) is 4.32. The Kier molecular flexibility index (Phi) is 8.35. The lowest BCUT2D eigenvalue weighted by molar-refractivity contribution is -0.682. The number of hydrogen-bond donors (Lipinski definition) is 2. The van der Waals surface area contributed by atoms with Crippen molar-refractivity contribution < 1.29 is 29.2 Å². The van der Waals surface area contributed by atoms with Gasteiger partial charge in [0.2, 0.25) is 0 Å². The zero-order valence-electron chi connectivity index (χ0n) is 17.1. The highest BCUT2D eigenvalue weighted by Gasteiger charge is 2.27. The van der Waals surface area contributed by atoms with Crippen LogP contribution in [0.1, 0.15) is 58.0 Å². The molecule has 2 rings (SSSR count). The number of benzene rings is 1. The number of rotatable bonds is 9. The van der Waals surface area contributed by atoms with Crippen LogP contribution in [0.25, 0.3) is 0 Å². The molecule has 0 saturated carbocycles. The molecule has 156 valence electrons. The fraction of sp³-hybridized carbons (Fsp3) is 0.381. The summed E-state index contributed by atoms with van der Waals surface area (Å²) in [6.07, 6.45) is 0. The average molecular weight is 420 g/mol. The predicted octanol–water partition coefficient (Wildman–Crippen LogP) is 2.67. The van der Waals surface area contributed by atoms with Crippen molar-refractivity contribution in [2.24, 2.45) is 0 Å². The fourth-order valence-electron chi connectivity index (χ4n) is 2.80. The standard InChI is InChI=1S/C21H26N2O5S/c1-5-27-20(25)17-13(3)18(21(26)28-6-2)29-19(17)23-16(24)12-22-14(4)15-10-8-7-9-11-15/h7-11,14,22H,5-6,12H2,1-4H3,(H,23,24)/p+1/t14-/m1/s1. The molecule has 0 fully saturated rings. The van der Waals surface area contributed by atoms with Crippen LogP contribution in [0.3, 0.4) is 0 Å². The Hall–Kier alpha value is -2.71. The van der Waals surface area contributed by atoms with Crippen molar-refractivity contribution in [3.8, 4) is 0 Å². The highest BCUT2D eigenvalue weighted by atomic mass is 32.1. The minimum Gasteiger partial charge on any atom is -0.462 e. The van der Waals surface area contributed by atoms with Crippen molar-refractivity contribution in [1.29, 1.82) is 0 Å². The summed E-state index contributed by atoms with van der Waals surface area (Å²) in [5.74, 6) is -1.37. The molecule has 0 radical (unpaired) electrons. The van der Waals surface area contributed by atoms with Crippen LogP contribution in [0.5, 0.6) is 0 Å². The summed E-state index contributed by atoms with van der Waals surface area (Å²) in [6.45, 7) is 7.65. The Bertz CT molecular complexity index is 863. The zero-order valence-corrected chi connectivity index (χ0v) is 17.9. The van der Waals surface area contributed by atoms with E-state index >= 15 is 0 Å². The highest BCUT2D eigenvalue weighted by Crippen LogP contribution is 2.34. The molecule has 0 spiro atoms. The lowest BCUT2D eigenvalue weighted by atomic mass is 10.1. The van der Waals surface area contributed by atoms with Gasteiger partial charge in [-0.3, -0.25) is 4.79 Å². The molecule has 7 nitrogen and oxygen atoms in total. The minimum absolute atomic E-state index is 0.103. The van der Waals surface area contributed by atoms with Gasteiger partial charge in [0.25, 0.3) is 5.91 Å². The van der Waals surface area contributed by atoms with Gasteiger partial charge in [0, 0.05) is 5.56 Å². The average Bonchev–Trinajstić information content (AvgIpc) is 3.03. The Balaban J connectivity index is 2.15. The lowest BCUT2D eigenvalue weighted by Crippen LogP contribution is -2.86. The smallest absolute Gasteiger partial charge is 0.348 e. The van der Waals surface area contributed by atoms with Crippen molar-refractivity contribution >= 4 is 34.2 Å². The molecule has 0 bridgehead atoms. The molecule has 3 N–H and O–H groups in total. The van der Waals surface area contributed by atoms with E-state index in [4.69, 9.17) is 9.47 Å². The molecule has 1 aromatic carbocycles. The van der Waals surface area contributed by atoms with E-state index < -0.39 is 11.9 Å². The van der Waals surface area contributed by atoms with Gasteiger partial charge in [-0.2, -0.15) is 0 Å². The molecule has 29 heavy (non-hydrogen) atoms. The number of quaternary nitrogens is 1. The number of hydrogen-bond acceptors (Lipinski definition) is 6. The summed E-state index contributed by atoms with van der Waals surface area (Å²) >= 11 is 1.03. The Morgan fingerprint density at radius 2 is 1.69 bits per heavy atom. The second kappa shape index (κ2) is 10.7. The minimum atomic E-state index is -0.575. The number of thiophene rings is 1. The molecule has 2 aromatic rings. The molecule has 1 aromatic heterocycles. The van der Waals surface area contributed by atoms with E-state index in [1.165, 1.54) is 0 Å². The van der Waals surface area contributed by atoms with Crippen LogP contribution in [-0.2, 0) is 14.3 Å². The summed E-state index contributed by atoms with van der Waals surface area (Å²) in [6, 6.07) is 9.97. The van der Waals surface area contributed by atoms with Gasteiger partial charge in [0.05, 0.1) is 18.8 Å². The maximum absolute atomic E-state index is 12.5. The Morgan fingerprint density at radius 3 is 2.31 bits per heavy atom. The Morgan fingerprint density at radius 1 is 1.07 bits per heavy atom. The molecule has 0 aliphatic heterocycles. The van der Waals surface area contributed by atoms with Gasteiger partial charge >= 0.3 is 11.9 Å². The predicted molar refractivity (Wildman–Crippen MR) is 111 cm³/mol. The first-order valence-electron chi connectivity index (χ1n) is 9.54. The van der Waals surface area contributed by atoms with E-state index in [0.29, 0.717) is 10.6 Å². The molecule has 1 amide bonds. The first kappa shape index (κ1) is 22.6. The zero-order chi connectivity index (χ0) is 21.4. The third kappa shape index (κ3) is 5.88. The number of nitrogens with one attached hydrogen (secondary N) is 1. The number of nitrogens with two attached hydrogens (primary N) is 1. The van der Waals surface area contributed by atoms with E-state index in [-0.39, 0.29) is 42.1 Å². The van der Waals surface area contributed by atoms with Crippen LogP contribution in [0, 0.1) is 6.92 Å². The summed E-state index contributed by atoms with van der Waals surface area (Å²) < 4.78 is 10.1. The summed E-state index contributed by atoms with van der Waals surface area (Å²) in [4.78, 5) is 37.3. The number of ether oxygens (including phenoxy) is 2. The molecular weight excluding hydrogens is 392 g/mol. The molecular formula is C21H27N2O5S+. The number of esters is 2. The van der Waals surface area contributed by atoms with Crippen molar-refractivity contribution in [2.45, 2.75) is 33.7 Å². The van der Waals surface area contributed by atoms with Gasteiger partial charge in [-0.1, -0.05) is 30.3 Å². The maximum atomic E-state index is 12.5. The van der Waals surface area contributed by atoms with Crippen molar-refractivity contribution in [3.05, 3.63) is 51.9 Å². The quantitative estimate of drug-likeness (QED) is 0.609. The third-order valence-corrected chi connectivity index (χ3v) is 5.51. The van der Waals surface area contributed by atoms with Crippen molar-refractivity contribution in [2.75, 3.05) is 25.1 Å². The lowest BCUT2D eigenvalue weighted by Gasteiger charge is -2.11. The van der Waals surface area contributed by atoms with Crippen LogP contribution in [0.15, 0.2) is 30.3 Å². The van der Waals surface area contributed by atoms with Gasteiger partial charge in [-0.25, -0.2) is 9.59 Å². The summed E-state index contributed by atoms with van der Waals surface area (Å²) in [5.41, 5.74) is 1.76. The van der Waals surface area contributed by atoms with Crippen LogP contribution < -0.4 is 10.6 Å². The molecule has 0 aliphatic rings. The summed E-state index contributed by atoms with van der Waals surface area (Å²) in [7, 11) is 0. The number of amides is 1. The van der Waals surface area contributed by atoms with Crippen molar-refractivity contribution in [3.63, 3.8) is 0 Å². The van der Waals surface area contributed by atoms with Gasteiger partial charge in [-0.05, 0) is 33.3 Å². The largest absolute Gasteiger partial charge is 0.462 e. The van der Waals surface area contributed by atoms with E-state index in [9.17, 15) is 14.4 Å². The van der Waals surface area contributed by atoms with Crippen molar-refractivity contribution in [1.82, 2.24) is 0 Å². The van der Waals surface area contributed by atoms with E-state index in [0.717, 1.165) is 16.9 Å². The van der Waals surface area contributed by atoms with Gasteiger partial charge in [0.1, 0.15) is 15.9 Å². The number of carbonyl (C=O) groups excluding carboxylic acids is 3. The highest BCUT2D eigenvalue weighted by molar-refractivity contribution is 7.18. The van der Waals surface area contributed by atoms with E-state index in [1.807, 2.05) is 42.6 Å². The van der Waals surface area contributed by atoms with Crippen LogP contribution >= 0.6 is 11.3 Å². The van der Waals surface area contributed by atoms with Crippen LogP contribution in [-0.4, -0.2) is 37.6 Å².